The number of carbonyl (C=O) groups is 2. The SMILES string of the molecule is C#CCOCCCCCOCC#Cc1cccc2c1n(C)c(=O)n2C1CCC(=O)NC1=O. The lowest BCUT2D eigenvalue weighted by Gasteiger charge is -2.21. The van der Waals surface area contributed by atoms with Gasteiger partial charge in [-0.2, -0.15) is 0 Å². The molecule has 0 aliphatic carbocycles. The zero-order chi connectivity index (χ0) is 22.9. The van der Waals surface area contributed by atoms with Crippen molar-refractivity contribution in [1.82, 2.24) is 14.5 Å². The number of carbonyl (C=O) groups excluding carboxylic acids is 2. The Morgan fingerprint density at radius 3 is 2.59 bits per heavy atom. The quantitative estimate of drug-likeness (QED) is 0.365. The molecule has 1 atom stereocenters. The minimum atomic E-state index is -0.715. The fourth-order valence-corrected chi connectivity index (χ4v) is 3.74. The molecule has 32 heavy (non-hydrogen) atoms. The maximum absolute atomic E-state index is 12.9. The number of piperidine rings is 1. The number of terminal acetylenes is 1. The third kappa shape index (κ3) is 5.47. The van der Waals surface area contributed by atoms with Gasteiger partial charge in [0, 0.05) is 26.7 Å². The normalized spacial score (nSPS) is 15.8. The summed E-state index contributed by atoms with van der Waals surface area (Å²) in [5, 5.41) is 2.31. The first-order valence-electron chi connectivity index (χ1n) is 10.7. The lowest BCUT2D eigenvalue weighted by Crippen LogP contribution is -2.44. The van der Waals surface area contributed by atoms with E-state index < -0.39 is 11.9 Å². The molecule has 168 valence electrons. The summed E-state index contributed by atoms with van der Waals surface area (Å²) >= 11 is 0. The van der Waals surface area contributed by atoms with E-state index in [4.69, 9.17) is 15.9 Å². The van der Waals surface area contributed by atoms with Crippen molar-refractivity contribution in [3.63, 3.8) is 0 Å². The van der Waals surface area contributed by atoms with E-state index in [1.807, 2.05) is 6.07 Å². The van der Waals surface area contributed by atoms with Crippen LogP contribution in [0.25, 0.3) is 11.0 Å². The third-order valence-electron chi connectivity index (χ3n) is 5.28. The Kier molecular flexibility index (Phi) is 8.27. The number of hydrogen-bond acceptors (Lipinski definition) is 5. The largest absolute Gasteiger partial charge is 0.369 e. The number of para-hydroxylation sites is 1. The molecule has 1 fully saturated rings. The number of ether oxygens (including phenoxy) is 2. The summed E-state index contributed by atoms with van der Waals surface area (Å²) in [4.78, 5) is 36.7. The number of hydrogen-bond donors (Lipinski definition) is 1. The number of imidazole rings is 1. The van der Waals surface area contributed by atoms with E-state index >= 15 is 0 Å². The number of nitrogens with one attached hydrogen (secondary N) is 1. The van der Waals surface area contributed by atoms with Gasteiger partial charge < -0.3 is 9.47 Å². The molecule has 8 heteroatoms. The smallest absolute Gasteiger partial charge is 0.329 e. The molecule has 1 aliphatic heterocycles. The molecule has 1 aromatic carbocycles. The van der Waals surface area contributed by atoms with Gasteiger partial charge >= 0.3 is 5.69 Å². The van der Waals surface area contributed by atoms with E-state index in [1.54, 1.807) is 19.2 Å². The molecular weight excluding hydrogens is 410 g/mol. The van der Waals surface area contributed by atoms with Gasteiger partial charge in [-0.25, -0.2) is 4.79 Å². The summed E-state index contributed by atoms with van der Waals surface area (Å²) in [5.74, 6) is 7.73. The summed E-state index contributed by atoms with van der Waals surface area (Å²) < 4.78 is 13.7. The lowest BCUT2D eigenvalue weighted by atomic mass is 10.1. The third-order valence-corrected chi connectivity index (χ3v) is 5.28. The summed E-state index contributed by atoms with van der Waals surface area (Å²) in [5.41, 5.74) is 1.64. The van der Waals surface area contributed by atoms with Crippen LogP contribution in [0.4, 0.5) is 0 Å². The Morgan fingerprint density at radius 2 is 1.88 bits per heavy atom. The second-order valence-corrected chi connectivity index (χ2v) is 7.52. The predicted molar refractivity (Wildman–Crippen MR) is 120 cm³/mol. The van der Waals surface area contributed by atoms with Crippen LogP contribution in [0.15, 0.2) is 23.0 Å². The molecular formula is C24H27N3O5. The minimum Gasteiger partial charge on any atom is -0.369 e. The van der Waals surface area contributed by atoms with E-state index in [9.17, 15) is 14.4 Å². The van der Waals surface area contributed by atoms with Crippen molar-refractivity contribution in [3.8, 4) is 24.2 Å². The van der Waals surface area contributed by atoms with Gasteiger partial charge in [0.15, 0.2) is 0 Å². The average Bonchev–Trinajstić information content (AvgIpc) is 3.03. The zero-order valence-corrected chi connectivity index (χ0v) is 18.2. The van der Waals surface area contributed by atoms with E-state index in [-0.39, 0.29) is 24.6 Å². The number of aromatic nitrogens is 2. The number of imide groups is 1. The molecule has 1 saturated heterocycles. The van der Waals surface area contributed by atoms with Crippen molar-refractivity contribution in [2.24, 2.45) is 7.05 Å². The lowest BCUT2D eigenvalue weighted by molar-refractivity contribution is -0.135. The molecule has 1 aliphatic rings. The number of aryl methyl sites for hydroxylation is 1. The Morgan fingerprint density at radius 1 is 1.12 bits per heavy atom. The molecule has 8 nitrogen and oxygen atoms in total. The Hall–Kier alpha value is -3.33. The van der Waals surface area contributed by atoms with Crippen LogP contribution in [0, 0.1) is 24.2 Å². The average molecular weight is 437 g/mol. The van der Waals surface area contributed by atoms with Crippen LogP contribution in [0.3, 0.4) is 0 Å². The molecule has 2 aromatic rings. The molecule has 0 bridgehead atoms. The van der Waals surface area contributed by atoms with Crippen LogP contribution in [0.2, 0.25) is 0 Å². The topological polar surface area (TPSA) is 91.6 Å². The monoisotopic (exact) mass is 437 g/mol. The summed E-state index contributed by atoms with van der Waals surface area (Å²) in [6, 6.07) is 4.71. The van der Waals surface area contributed by atoms with Gasteiger partial charge in [-0.3, -0.25) is 24.0 Å². The van der Waals surface area contributed by atoms with Gasteiger partial charge in [0.25, 0.3) is 0 Å². The minimum absolute atomic E-state index is 0.202. The summed E-state index contributed by atoms with van der Waals surface area (Å²) in [7, 11) is 1.65. The first kappa shape index (κ1) is 23.3. The van der Waals surface area contributed by atoms with E-state index in [1.165, 1.54) is 9.13 Å². The molecule has 1 aromatic heterocycles. The first-order chi connectivity index (χ1) is 15.5. The van der Waals surface area contributed by atoms with Gasteiger partial charge in [0.2, 0.25) is 11.8 Å². The fourth-order valence-electron chi connectivity index (χ4n) is 3.74. The summed E-state index contributed by atoms with van der Waals surface area (Å²) in [6.07, 6.45) is 8.47. The molecule has 2 heterocycles. The molecule has 3 rings (SSSR count). The Labute approximate surface area is 186 Å². The highest BCUT2D eigenvalue weighted by molar-refractivity contribution is 6.00. The van der Waals surface area contributed by atoms with Gasteiger partial charge in [-0.05, 0) is 37.8 Å². The van der Waals surface area contributed by atoms with Crippen LogP contribution < -0.4 is 11.0 Å². The molecule has 0 radical (unpaired) electrons. The molecule has 1 N–H and O–H groups in total. The Balaban J connectivity index is 1.63. The number of unbranched alkanes of at least 4 members (excludes halogenated alkanes) is 2. The molecule has 1 unspecified atom stereocenters. The number of nitrogens with zero attached hydrogens (tertiary/aromatic N) is 2. The van der Waals surface area contributed by atoms with Crippen molar-refractivity contribution in [2.75, 3.05) is 26.4 Å². The van der Waals surface area contributed by atoms with Crippen LogP contribution in [0.5, 0.6) is 0 Å². The first-order valence-corrected chi connectivity index (χ1v) is 10.7. The van der Waals surface area contributed by atoms with Crippen LogP contribution in [-0.2, 0) is 26.1 Å². The van der Waals surface area contributed by atoms with E-state index in [2.05, 4.69) is 23.1 Å². The fraction of sp³-hybridized carbons (Fsp3) is 0.458. The standard InChI is InChI=1S/C24H27N3O5/c1-3-14-31-15-5-4-6-16-32-17-8-10-18-9-7-11-19-22(18)26(2)24(30)27(19)20-12-13-21(28)25-23(20)29/h1,7,9,11,20H,4-6,12-17H2,2H3,(H,25,28,29). The van der Waals surface area contributed by atoms with Crippen LogP contribution in [-0.4, -0.2) is 47.4 Å². The van der Waals surface area contributed by atoms with E-state index in [0.717, 1.165) is 19.3 Å². The zero-order valence-electron chi connectivity index (χ0n) is 18.2. The van der Waals surface area contributed by atoms with Crippen molar-refractivity contribution in [1.29, 1.82) is 0 Å². The van der Waals surface area contributed by atoms with Gasteiger partial charge in [0.05, 0.1) is 16.6 Å². The second kappa shape index (κ2) is 11.3. The van der Waals surface area contributed by atoms with Crippen LogP contribution in [0.1, 0.15) is 43.7 Å². The maximum Gasteiger partial charge on any atom is 0.329 e. The summed E-state index contributed by atoms with van der Waals surface area (Å²) in [6.45, 7) is 1.90. The molecule has 0 saturated carbocycles. The van der Waals surface area contributed by atoms with E-state index in [0.29, 0.717) is 42.8 Å². The van der Waals surface area contributed by atoms with Crippen molar-refractivity contribution in [3.05, 3.63) is 34.2 Å². The number of fused-ring (bicyclic) bond motifs is 1. The molecule has 0 spiro atoms. The maximum atomic E-state index is 12.9. The van der Waals surface area contributed by atoms with Gasteiger partial charge in [-0.15, -0.1) is 6.42 Å². The van der Waals surface area contributed by atoms with Crippen molar-refractivity contribution in [2.45, 2.75) is 38.1 Å². The number of benzene rings is 1. The predicted octanol–water partition coefficient (Wildman–Crippen LogP) is 1.51. The second-order valence-electron chi connectivity index (χ2n) is 7.52. The molecule has 2 amide bonds. The van der Waals surface area contributed by atoms with Gasteiger partial charge in [0.1, 0.15) is 19.3 Å². The number of rotatable bonds is 9. The highest BCUT2D eigenvalue weighted by atomic mass is 16.5. The van der Waals surface area contributed by atoms with Gasteiger partial charge in [-0.1, -0.05) is 23.8 Å². The van der Waals surface area contributed by atoms with Crippen molar-refractivity contribution >= 4 is 22.8 Å². The Bertz CT molecular complexity index is 1140. The van der Waals surface area contributed by atoms with Crippen molar-refractivity contribution < 1.29 is 19.1 Å². The van der Waals surface area contributed by atoms with Crippen LogP contribution >= 0.6 is 0 Å². The highest BCUT2D eigenvalue weighted by Gasteiger charge is 2.31. The number of amides is 2. The highest BCUT2D eigenvalue weighted by Crippen LogP contribution is 2.24.